The predicted octanol–water partition coefficient (Wildman–Crippen LogP) is 4.47. The van der Waals surface area contributed by atoms with Crippen molar-refractivity contribution in [2.45, 2.75) is 90.1 Å². The fourth-order valence-electron chi connectivity index (χ4n) is 2.98. The Morgan fingerprint density at radius 3 is 1.86 bits per heavy atom. The molecule has 0 aliphatic carbocycles. The summed E-state index contributed by atoms with van der Waals surface area (Å²) in [5.41, 5.74) is 0. The van der Waals surface area contributed by atoms with Crippen molar-refractivity contribution in [3.63, 3.8) is 0 Å². The van der Waals surface area contributed by atoms with Crippen LogP contribution in [0.3, 0.4) is 0 Å². The molecule has 0 saturated carbocycles. The van der Waals surface area contributed by atoms with Crippen LogP contribution >= 0.6 is 0 Å². The van der Waals surface area contributed by atoms with Crippen molar-refractivity contribution < 1.29 is 34.1 Å². The van der Waals surface area contributed by atoms with E-state index < -0.39 is 24.6 Å². The van der Waals surface area contributed by atoms with Crippen molar-refractivity contribution in [2.75, 3.05) is 26.4 Å². The molecule has 1 amide bonds. The molecule has 0 bridgehead atoms. The van der Waals surface area contributed by atoms with Gasteiger partial charge in [0.25, 0.3) is 0 Å². The Labute approximate surface area is 222 Å². The molecule has 0 spiro atoms. The molecule has 0 fully saturated rings. The van der Waals surface area contributed by atoms with E-state index in [0.717, 1.165) is 32.1 Å². The highest BCUT2D eigenvalue weighted by Gasteiger charge is 2.11. The molecule has 3 N–H and O–H groups in total. The minimum Gasteiger partial charge on any atom is -0.464 e. The lowest BCUT2D eigenvalue weighted by Gasteiger charge is -2.09. The molecule has 0 heterocycles. The van der Waals surface area contributed by atoms with Gasteiger partial charge < -0.3 is 25.0 Å². The molecule has 0 aliphatic rings. The lowest BCUT2D eigenvalue weighted by molar-refractivity contribution is -0.152. The monoisotopic (exact) mass is 521 g/mol. The summed E-state index contributed by atoms with van der Waals surface area (Å²) in [6.45, 7) is 1.63. The molecule has 0 radical (unpaired) electrons. The minimum atomic E-state index is -1.13. The highest BCUT2D eigenvalue weighted by molar-refractivity contribution is 5.78. The predicted molar refractivity (Wildman–Crippen MR) is 146 cm³/mol. The smallest absolute Gasteiger partial charge is 0.306 e. The molecule has 8 heteroatoms. The van der Waals surface area contributed by atoms with E-state index in [1.807, 2.05) is 0 Å². The number of unbranched alkanes of at least 4 members (excludes halogenated alkanes) is 4. The topological polar surface area (TPSA) is 122 Å². The molecule has 1 unspecified atom stereocenters. The van der Waals surface area contributed by atoms with Crippen molar-refractivity contribution in [2.24, 2.45) is 0 Å². The maximum absolute atomic E-state index is 11.8. The first kappa shape index (κ1) is 34.3. The molecule has 0 saturated heterocycles. The second-order valence-electron chi connectivity index (χ2n) is 8.57. The fraction of sp³-hybridized carbons (Fsp3) is 0.621. The summed E-state index contributed by atoms with van der Waals surface area (Å²) in [6.07, 6.45) is 25.7. The molecule has 0 aliphatic heterocycles. The summed E-state index contributed by atoms with van der Waals surface area (Å²) in [5.74, 6) is -1.33. The van der Waals surface area contributed by atoms with Crippen LogP contribution in [0, 0.1) is 0 Å². The number of aliphatic hydroxyl groups is 2. The third kappa shape index (κ3) is 26.2. The lowest BCUT2D eigenvalue weighted by atomic mass is 10.2. The second kappa shape index (κ2) is 26.4. The van der Waals surface area contributed by atoms with Gasteiger partial charge >= 0.3 is 11.9 Å². The van der Waals surface area contributed by atoms with Gasteiger partial charge in [0.15, 0.2) is 0 Å². The first-order valence-electron chi connectivity index (χ1n) is 13.5. The van der Waals surface area contributed by atoms with E-state index in [2.05, 4.69) is 65.6 Å². The number of aliphatic hydroxyl groups excluding tert-OH is 2. The van der Waals surface area contributed by atoms with Crippen molar-refractivity contribution in [3.8, 4) is 0 Å². The number of carbonyl (C=O) groups is 3. The number of ether oxygens (including phenoxy) is 2. The highest BCUT2D eigenvalue weighted by atomic mass is 16.5. The van der Waals surface area contributed by atoms with Gasteiger partial charge in [-0.2, -0.15) is 0 Å². The molecule has 0 aromatic carbocycles. The Morgan fingerprint density at radius 1 is 0.757 bits per heavy atom. The van der Waals surface area contributed by atoms with Gasteiger partial charge in [0.05, 0.1) is 26.0 Å². The quantitative estimate of drug-likeness (QED) is 0.103. The molecule has 8 nitrogen and oxygen atoms in total. The van der Waals surface area contributed by atoms with Crippen LogP contribution in [0.1, 0.15) is 84.0 Å². The highest BCUT2D eigenvalue weighted by Crippen LogP contribution is 2.02. The van der Waals surface area contributed by atoms with Gasteiger partial charge in [0.2, 0.25) is 5.91 Å². The number of amides is 1. The van der Waals surface area contributed by atoms with Gasteiger partial charge in [-0.25, -0.2) is 0 Å². The van der Waals surface area contributed by atoms with Crippen molar-refractivity contribution in [1.82, 2.24) is 5.32 Å². The standard InChI is InChI=1S/C29H47NO7/c1-2-3-4-5-6-7-8-9-10-11-12-13-14-15-16-17-18-19-27(33)30-22-23-36-28(34)20-21-29(35)37-25-26(32)24-31/h6-7,9-10,12-13,15-16,26,31-32H,2-5,8,11,14,17-25H2,1H3,(H,30,33)/b7-6-,10-9-,13-12-,16-15-. The number of hydrogen-bond acceptors (Lipinski definition) is 7. The molecule has 0 aromatic heterocycles. The molecular weight excluding hydrogens is 474 g/mol. The summed E-state index contributed by atoms with van der Waals surface area (Å²) in [6, 6.07) is 0. The van der Waals surface area contributed by atoms with Crippen LogP contribution in [0.5, 0.6) is 0 Å². The minimum absolute atomic E-state index is 0.0278. The van der Waals surface area contributed by atoms with E-state index in [9.17, 15) is 14.4 Å². The summed E-state index contributed by atoms with van der Waals surface area (Å²) < 4.78 is 9.64. The van der Waals surface area contributed by atoms with E-state index in [1.165, 1.54) is 25.7 Å². The molecule has 0 aromatic rings. The van der Waals surface area contributed by atoms with Gasteiger partial charge in [0.1, 0.15) is 19.3 Å². The van der Waals surface area contributed by atoms with E-state index in [-0.39, 0.29) is 38.5 Å². The third-order valence-electron chi connectivity index (χ3n) is 5.10. The van der Waals surface area contributed by atoms with E-state index in [4.69, 9.17) is 14.9 Å². The van der Waals surface area contributed by atoms with E-state index in [0.29, 0.717) is 6.42 Å². The number of esters is 2. The number of nitrogens with one attached hydrogen (secondary N) is 1. The maximum Gasteiger partial charge on any atom is 0.306 e. The largest absolute Gasteiger partial charge is 0.464 e. The van der Waals surface area contributed by atoms with Crippen LogP contribution in [0.4, 0.5) is 0 Å². The van der Waals surface area contributed by atoms with Crippen LogP contribution in [0.25, 0.3) is 0 Å². The summed E-state index contributed by atoms with van der Waals surface area (Å²) in [5, 5.41) is 20.4. The summed E-state index contributed by atoms with van der Waals surface area (Å²) in [4.78, 5) is 34.8. The van der Waals surface area contributed by atoms with E-state index in [1.54, 1.807) is 0 Å². The van der Waals surface area contributed by atoms with Gasteiger partial charge in [0, 0.05) is 6.42 Å². The average Bonchev–Trinajstić information content (AvgIpc) is 2.90. The second-order valence-corrected chi connectivity index (χ2v) is 8.57. The lowest BCUT2D eigenvalue weighted by Crippen LogP contribution is -2.27. The van der Waals surface area contributed by atoms with Crippen LogP contribution < -0.4 is 5.32 Å². The van der Waals surface area contributed by atoms with Crippen molar-refractivity contribution in [3.05, 3.63) is 48.6 Å². The Morgan fingerprint density at radius 2 is 1.30 bits per heavy atom. The number of allylic oxidation sites excluding steroid dienone is 8. The van der Waals surface area contributed by atoms with Gasteiger partial charge in [-0.15, -0.1) is 0 Å². The Bertz CT molecular complexity index is 713. The van der Waals surface area contributed by atoms with Crippen molar-refractivity contribution in [1.29, 1.82) is 0 Å². The van der Waals surface area contributed by atoms with E-state index >= 15 is 0 Å². The zero-order valence-electron chi connectivity index (χ0n) is 22.4. The molecule has 210 valence electrons. The molecule has 0 rings (SSSR count). The summed E-state index contributed by atoms with van der Waals surface area (Å²) >= 11 is 0. The number of carbonyl (C=O) groups excluding carboxylic acids is 3. The van der Waals surface area contributed by atoms with Crippen LogP contribution in [0.15, 0.2) is 48.6 Å². The maximum atomic E-state index is 11.8. The Balaban J connectivity index is 3.60. The van der Waals surface area contributed by atoms with Gasteiger partial charge in [-0.05, 0) is 44.9 Å². The first-order valence-corrected chi connectivity index (χ1v) is 13.5. The summed E-state index contributed by atoms with van der Waals surface area (Å²) in [7, 11) is 0. The average molecular weight is 522 g/mol. The van der Waals surface area contributed by atoms with Gasteiger partial charge in [-0.3, -0.25) is 14.4 Å². The fourth-order valence-corrected chi connectivity index (χ4v) is 2.98. The molecular formula is C29H47NO7. The first-order chi connectivity index (χ1) is 18.0. The third-order valence-corrected chi connectivity index (χ3v) is 5.10. The number of hydrogen-bond donors (Lipinski definition) is 3. The van der Waals surface area contributed by atoms with Gasteiger partial charge in [-0.1, -0.05) is 68.4 Å². The SMILES string of the molecule is CCCCC/C=C\C/C=C\C/C=C\C/C=C\CCCC(=O)NCCOC(=O)CCC(=O)OCC(O)CO. The van der Waals surface area contributed by atoms with Crippen LogP contribution in [-0.2, 0) is 23.9 Å². The Kier molecular flexibility index (Phi) is 24.4. The zero-order valence-corrected chi connectivity index (χ0v) is 22.4. The van der Waals surface area contributed by atoms with Crippen molar-refractivity contribution >= 4 is 17.8 Å². The Hall–Kier alpha value is -2.71. The normalized spacial score (nSPS) is 12.6. The van der Waals surface area contributed by atoms with Crippen LogP contribution in [0.2, 0.25) is 0 Å². The zero-order chi connectivity index (χ0) is 27.4. The molecule has 37 heavy (non-hydrogen) atoms. The number of rotatable bonds is 23. The molecule has 1 atom stereocenters. The van der Waals surface area contributed by atoms with Crippen LogP contribution in [-0.4, -0.2) is 60.5 Å².